The van der Waals surface area contributed by atoms with Gasteiger partial charge in [0.05, 0.1) is 24.2 Å². The van der Waals surface area contributed by atoms with E-state index < -0.39 is 0 Å². The zero-order valence-electron chi connectivity index (χ0n) is 18.7. The van der Waals surface area contributed by atoms with Crippen molar-refractivity contribution in [2.24, 2.45) is 0 Å². The van der Waals surface area contributed by atoms with Gasteiger partial charge in [-0.15, -0.1) is 0 Å². The van der Waals surface area contributed by atoms with Gasteiger partial charge in [0.25, 0.3) is 5.91 Å². The Balaban J connectivity index is 1.67. The zero-order valence-corrected chi connectivity index (χ0v) is 19.5. The SMILES string of the molecule is CCSc1nc(NC(C)C)c2cnn(CCNC(=O)c3ccc(OC(C)C)cc3)c2n1. The van der Waals surface area contributed by atoms with E-state index in [1.54, 1.807) is 30.1 Å². The van der Waals surface area contributed by atoms with Crippen LogP contribution < -0.4 is 15.4 Å². The van der Waals surface area contributed by atoms with Gasteiger partial charge in [0.15, 0.2) is 10.8 Å². The summed E-state index contributed by atoms with van der Waals surface area (Å²) >= 11 is 1.59. The molecule has 2 aromatic heterocycles. The van der Waals surface area contributed by atoms with E-state index in [-0.39, 0.29) is 18.1 Å². The van der Waals surface area contributed by atoms with Crippen LogP contribution in [0.25, 0.3) is 11.0 Å². The van der Waals surface area contributed by atoms with E-state index in [1.165, 1.54) is 0 Å². The van der Waals surface area contributed by atoms with Gasteiger partial charge in [-0.25, -0.2) is 14.6 Å². The molecule has 0 bridgehead atoms. The molecule has 31 heavy (non-hydrogen) atoms. The second-order valence-corrected chi connectivity index (χ2v) is 8.87. The number of carbonyl (C=O) groups is 1. The minimum absolute atomic E-state index is 0.0971. The molecule has 0 unspecified atom stereocenters. The lowest BCUT2D eigenvalue weighted by Gasteiger charge is -2.12. The summed E-state index contributed by atoms with van der Waals surface area (Å²) in [6, 6.07) is 7.40. The Morgan fingerprint density at radius 3 is 2.55 bits per heavy atom. The van der Waals surface area contributed by atoms with E-state index in [9.17, 15) is 4.79 Å². The lowest BCUT2D eigenvalue weighted by Crippen LogP contribution is -2.27. The molecule has 0 atom stereocenters. The summed E-state index contributed by atoms with van der Waals surface area (Å²) in [5, 5.41) is 12.4. The van der Waals surface area contributed by atoms with Crippen molar-refractivity contribution >= 4 is 34.5 Å². The summed E-state index contributed by atoms with van der Waals surface area (Å²) in [6.45, 7) is 11.1. The van der Waals surface area contributed by atoms with E-state index in [2.05, 4.69) is 46.5 Å². The maximum absolute atomic E-state index is 12.5. The third-order valence-electron chi connectivity index (χ3n) is 4.27. The highest BCUT2D eigenvalue weighted by Crippen LogP contribution is 2.24. The molecular formula is C22H30N6O2S. The molecule has 0 saturated carbocycles. The number of ether oxygens (including phenoxy) is 1. The van der Waals surface area contributed by atoms with Gasteiger partial charge in [-0.05, 0) is 57.7 Å². The van der Waals surface area contributed by atoms with Crippen molar-refractivity contribution in [1.82, 2.24) is 25.1 Å². The van der Waals surface area contributed by atoms with E-state index >= 15 is 0 Å². The molecule has 0 radical (unpaired) electrons. The van der Waals surface area contributed by atoms with E-state index in [0.717, 1.165) is 28.4 Å². The minimum Gasteiger partial charge on any atom is -0.491 e. The van der Waals surface area contributed by atoms with Crippen LogP contribution in [0.1, 0.15) is 45.0 Å². The van der Waals surface area contributed by atoms with Crippen LogP contribution in [-0.4, -0.2) is 50.1 Å². The standard InChI is InChI=1S/C22H30N6O2S/c1-6-31-22-26-19(25-14(2)3)18-13-24-28(20(18)27-22)12-11-23-21(29)16-7-9-17(10-8-16)30-15(4)5/h7-10,13-15H,6,11-12H2,1-5H3,(H,23,29)(H,25,26,27). The van der Waals surface area contributed by atoms with Gasteiger partial charge in [0.1, 0.15) is 11.6 Å². The molecule has 0 aliphatic heterocycles. The maximum Gasteiger partial charge on any atom is 0.251 e. The number of fused-ring (bicyclic) bond motifs is 1. The molecular weight excluding hydrogens is 412 g/mol. The molecule has 0 spiro atoms. The third kappa shape index (κ3) is 6.10. The second-order valence-electron chi connectivity index (χ2n) is 7.64. The Morgan fingerprint density at radius 2 is 1.90 bits per heavy atom. The molecule has 9 heteroatoms. The number of nitrogens with one attached hydrogen (secondary N) is 2. The highest BCUT2D eigenvalue weighted by Gasteiger charge is 2.14. The average Bonchev–Trinajstić information content (AvgIpc) is 3.11. The third-order valence-corrected chi connectivity index (χ3v) is 5.00. The molecule has 3 rings (SSSR count). The van der Waals surface area contributed by atoms with Gasteiger partial charge in [-0.2, -0.15) is 5.10 Å². The summed E-state index contributed by atoms with van der Waals surface area (Å²) in [5.41, 5.74) is 1.35. The summed E-state index contributed by atoms with van der Waals surface area (Å²) < 4.78 is 7.43. The first-order valence-corrected chi connectivity index (χ1v) is 11.5. The van der Waals surface area contributed by atoms with Gasteiger partial charge < -0.3 is 15.4 Å². The summed E-state index contributed by atoms with van der Waals surface area (Å²) in [7, 11) is 0. The van der Waals surface area contributed by atoms with Crippen LogP contribution in [0.15, 0.2) is 35.6 Å². The van der Waals surface area contributed by atoms with Crippen LogP contribution in [-0.2, 0) is 6.54 Å². The topological polar surface area (TPSA) is 94.0 Å². The van der Waals surface area contributed by atoms with Gasteiger partial charge in [0.2, 0.25) is 0 Å². The molecule has 1 amide bonds. The van der Waals surface area contributed by atoms with Crippen molar-refractivity contribution in [3.05, 3.63) is 36.0 Å². The largest absolute Gasteiger partial charge is 0.491 e. The van der Waals surface area contributed by atoms with Gasteiger partial charge in [-0.3, -0.25) is 4.79 Å². The van der Waals surface area contributed by atoms with Gasteiger partial charge in [0, 0.05) is 18.2 Å². The van der Waals surface area contributed by atoms with Crippen molar-refractivity contribution in [2.75, 3.05) is 17.6 Å². The van der Waals surface area contributed by atoms with Crippen molar-refractivity contribution in [3.8, 4) is 5.75 Å². The fourth-order valence-electron chi connectivity index (χ4n) is 3.01. The minimum atomic E-state index is -0.133. The van der Waals surface area contributed by atoms with Crippen molar-refractivity contribution in [3.63, 3.8) is 0 Å². The molecule has 2 N–H and O–H groups in total. The molecule has 8 nitrogen and oxygen atoms in total. The van der Waals surface area contributed by atoms with E-state index in [1.807, 2.05) is 30.7 Å². The Bertz CT molecular complexity index is 1020. The second kappa shape index (κ2) is 10.5. The summed E-state index contributed by atoms with van der Waals surface area (Å²) in [6.07, 6.45) is 1.87. The van der Waals surface area contributed by atoms with Crippen LogP contribution in [0.3, 0.4) is 0 Å². The smallest absolute Gasteiger partial charge is 0.251 e. The normalized spacial score (nSPS) is 11.3. The number of anilines is 1. The predicted octanol–water partition coefficient (Wildman–Crippen LogP) is 3.98. The number of aromatic nitrogens is 4. The molecule has 1 aromatic carbocycles. The molecule has 3 aromatic rings. The number of amides is 1. The first kappa shape index (κ1) is 22.9. The molecule has 0 saturated heterocycles. The van der Waals surface area contributed by atoms with Crippen LogP contribution in [0.2, 0.25) is 0 Å². The highest BCUT2D eigenvalue weighted by atomic mass is 32.2. The van der Waals surface area contributed by atoms with Crippen molar-refractivity contribution in [1.29, 1.82) is 0 Å². The molecule has 166 valence electrons. The quantitative estimate of drug-likeness (QED) is 0.362. The molecule has 2 heterocycles. The highest BCUT2D eigenvalue weighted by molar-refractivity contribution is 7.99. The fourth-order valence-corrected chi connectivity index (χ4v) is 3.58. The number of thioether (sulfide) groups is 1. The number of carbonyl (C=O) groups excluding carboxylic acids is 1. The maximum atomic E-state index is 12.5. The lowest BCUT2D eigenvalue weighted by atomic mass is 10.2. The number of hydrogen-bond acceptors (Lipinski definition) is 7. The monoisotopic (exact) mass is 442 g/mol. The number of benzene rings is 1. The van der Waals surface area contributed by atoms with E-state index in [0.29, 0.717) is 23.8 Å². The first-order valence-electron chi connectivity index (χ1n) is 10.5. The van der Waals surface area contributed by atoms with Gasteiger partial charge in [-0.1, -0.05) is 18.7 Å². The fraction of sp³-hybridized carbons (Fsp3) is 0.455. The Kier molecular flexibility index (Phi) is 7.73. The first-order chi connectivity index (χ1) is 14.9. The zero-order chi connectivity index (χ0) is 22.4. The van der Waals surface area contributed by atoms with E-state index in [4.69, 9.17) is 4.74 Å². The van der Waals surface area contributed by atoms with Crippen LogP contribution in [0.5, 0.6) is 5.75 Å². The Hall–Kier alpha value is -2.81. The van der Waals surface area contributed by atoms with Crippen LogP contribution in [0, 0.1) is 0 Å². The van der Waals surface area contributed by atoms with Crippen molar-refractivity contribution < 1.29 is 9.53 Å². The Labute approximate surface area is 187 Å². The average molecular weight is 443 g/mol. The van der Waals surface area contributed by atoms with Crippen LogP contribution in [0.4, 0.5) is 5.82 Å². The Morgan fingerprint density at radius 1 is 1.16 bits per heavy atom. The molecule has 0 aliphatic rings. The van der Waals surface area contributed by atoms with Gasteiger partial charge >= 0.3 is 0 Å². The lowest BCUT2D eigenvalue weighted by molar-refractivity contribution is 0.0952. The predicted molar refractivity (Wildman–Crippen MR) is 125 cm³/mol. The summed E-state index contributed by atoms with van der Waals surface area (Å²) in [4.78, 5) is 21.8. The number of hydrogen-bond donors (Lipinski definition) is 2. The number of rotatable bonds is 10. The van der Waals surface area contributed by atoms with Crippen molar-refractivity contribution in [2.45, 2.75) is 58.5 Å². The molecule has 0 fully saturated rings. The molecule has 0 aliphatic carbocycles. The van der Waals surface area contributed by atoms with Crippen LogP contribution >= 0.6 is 11.8 Å². The summed E-state index contributed by atoms with van der Waals surface area (Å²) in [5.74, 6) is 2.29. The number of nitrogens with zero attached hydrogens (tertiary/aromatic N) is 4.